The number of nitrogens with one attached hydrogen (secondary N) is 1. The van der Waals surface area contributed by atoms with Crippen LogP contribution in [0.5, 0.6) is 0 Å². The monoisotopic (exact) mass is 291 g/mol. The summed E-state index contributed by atoms with van der Waals surface area (Å²) < 4.78 is 0.810. The lowest BCUT2D eigenvalue weighted by Crippen LogP contribution is -2.33. The Hall–Kier alpha value is -0.810. The Morgan fingerprint density at radius 2 is 2.40 bits per heavy atom. The number of carbonyl (C=O) groups excluding carboxylic acids is 1. The maximum absolute atomic E-state index is 11.1. The summed E-state index contributed by atoms with van der Waals surface area (Å²) in [7, 11) is 3.35. The zero-order valence-electron chi connectivity index (χ0n) is 8.42. The Morgan fingerprint density at radius 1 is 1.73 bits per heavy atom. The molecule has 0 spiro atoms. The summed E-state index contributed by atoms with van der Waals surface area (Å²) in [6.45, 7) is 0.227. The van der Waals surface area contributed by atoms with Crippen LogP contribution in [-0.2, 0) is 4.79 Å². The van der Waals surface area contributed by atoms with Crippen LogP contribution in [0, 0.1) is 0 Å². The van der Waals surface area contributed by atoms with Crippen molar-refractivity contribution in [3.8, 4) is 0 Å². The van der Waals surface area contributed by atoms with Crippen molar-refractivity contribution in [1.82, 2.24) is 10.3 Å². The third kappa shape index (κ3) is 3.35. The topological polar surface area (TPSA) is 45.2 Å². The Bertz CT molecular complexity index is 372. The van der Waals surface area contributed by atoms with Crippen LogP contribution in [0.15, 0.2) is 16.7 Å². The molecule has 0 aliphatic carbocycles. The molecule has 0 unspecified atom stereocenters. The van der Waals surface area contributed by atoms with E-state index in [-0.39, 0.29) is 12.5 Å². The van der Waals surface area contributed by atoms with Crippen LogP contribution >= 0.6 is 27.5 Å². The maximum atomic E-state index is 11.1. The molecule has 1 rings (SSSR count). The smallest absolute Gasteiger partial charge is 0.239 e. The van der Waals surface area contributed by atoms with Gasteiger partial charge in [-0.2, -0.15) is 0 Å². The molecule has 1 aromatic heterocycles. The lowest BCUT2D eigenvalue weighted by atomic mass is 10.4. The molecule has 0 bridgehead atoms. The molecule has 1 aromatic rings. The quantitative estimate of drug-likeness (QED) is 0.922. The summed E-state index contributed by atoms with van der Waals surface area (Å²) in [6, 6.07) is 1.74. The molecule has 4 nitrogen and oxygen atoms in total. The first kappa shape index (κ1) is 12.3. The molecule has 1 N–H and O–H groups in total. The average molecular weight is 293 g/mol. The van der Waals surface area contributed by atoms with Gasteiger partial charge in [-0.25, -0.2) is 4.98 Å². The van der Waals surface area contributed by atoms with E-state index in [0.29, 0.717) is 10.8 Å². The minimum Gasteiger partial charge on any atom is -0.358 e. The van der Waals surface area contributed by atoms with Gasteiger partial charge in [-0.15, -0.1) is 0 Å². The van der Waals surface area contributed by atoms with E-state index in [9.17, 15) is 4.79 Å². The minimum atomic E-state index is -0.0849. The zero-order chi connectivity index (χ0) is 11.4. The molecule has 0 saturated carbocycles. The third-order valence-corrected chi connectivity index (χ3v) is 2.52. The van der Waals surface area contributed by atoms with Gasteiger partial charge in [0.05, 0.1) is 11.6 Å². The largest absolute Gasteiger partial charge is 0.358 e. The van der Waals surface area contributed by atoms with Gasteiger partial charge in [0.15, 0.2) is 0 Å². The van der Waals surface area contributed by atoms with Crippen molar-refractivity contribution in [3.63, 3.8) is 0 Å². The first-order valence-electron chi connectivity index (χ1n) is 4.27. The number of hydrogen-bond acceptors (Lipinski definition) is 3. The fourth-order valence-corrected chi connectivity index (χ4v) is 1.83. The first-order chi connectivity index (χ1) is 7.04. The predicted molar refractivity (Wildman–Crippen MR) is 64.3 cm³/mol. The van der Waals surface area contributed by atoms with E-state index in [1.807, 2.05) is 0 Å². The predicted octanol–water partition coefficient (Wildman–Crippen LogP) is 1.68. The Kier molecular flexibility index (Phi) is 4.35. The number of likely N-dealkylation sites (N-methyl/N-ethyl adjacent to an activating group) is 2. The highest BCUT2D eigenvalue weighted by molar-refractivity contribution is 9.10. The molecule has 0 saturated heterocycles. The zero-order valence-corrected chi connectivity index (χ0v) is 10.8. The van der Waals surface area contributed by atoms with Crippen molar-refractivity contribution in [2.45, 2.75) is 0 Å². The Balaban J connectivity index is 2.82. The van der Waals surface area contributed by atoms with Crippen LogP contribution in [0.25, 0.3) is 0 Å². The third-order valence-electron chi connectivity index (χ3n) is 1.81. The van der Waals surface area contributed by atoms with Gasteiger partial charge in [0.25, 0.3) is 0 Å². The lowest BCUT2D eigenvalue weighted by Gasteiger charge is -2.18. The van der Waals surface area contributed by atoms with E-state index in [4.69, 9.17) is 11.6 Å². The van der Waals surface area contributed by atoms with Gasteiger partial charge in [-0.3, -0.25) is 4.79 Å². The Morgan fingerprint density at radius 3 is 2.93 bits per heavy atom. The number of hydrogen-bond donors (Lipinski definition) is 1. The van der Waals surface area contributed by atoms with E-state index in [0.717, 1.165) is 4.47 Å². The van der Waals surface area contributed by atoms with Crippen molar-refractivity contribution >= 4 is 39.3 Å². The number of carbonyl (C=O) groups is 1. The van der Waals surface area contributed by atoms with Gasteiger partial charge in [-0.05, 0) is 22.0 Å². The highest BCUT2D eigenvalue weighted by Crippen LogP contribution is 2.24. The van der Waals surface area contributed by atoms with Crippen LogP contribution in [0.2, 0.25) is 5.02 Å². The fraction of sp³-hybridized carbons (Fsp3) is 0.333. The summed E-state index contributed by atoms with van der Waals surface area (Å²) in [6.07, 6.45) is 1.64. The van der Waals surface area contributed by atoms with Crippen LogP contribution in [0.4, 0.5) is 5.82 Å². The second kappa shape index (κ2) is 5.32. The van der Waals surface area contributed by atoms with Crippen LogP contribution in [0.3, 0.4) is 0 Å². The first-order valence-corrected chi connectivity index (χ1v) is 5.44. The van der Waals surface area contributed by atoms with Gasteiger partial charge in [0, 0.05) is 24.8 Å². The molecule has 82 valence electrons. The molecule has 15 heavy (non-hydrogen) atoms. The molecule has 6 heteroatoms. The summed E-state index contributed by atoms with van der Waals surface area (Å²) in [4.78, 5) is 17.0. The molecule has 1 heterocycles. The van der Waals surface area contributed by atoms with Gasteiger partial charge in [0.1, 0.15) is 5.82 Å². The molecule has 0 aliphatic rings. The summed E-state index contributed by atoms with van der Waals surface area (Å²) in [5.41, 5.74) is 0. The van der Waals surface area contributed by atoms with Gasteiger partial charge >= 0.3 is 0 Å². The van der Waals surface area contributed by atoms with Crippen molar-refractivity contribution in [3.05, 3.63) is 21.8 Å². The van der Waals surface area contributed by atoms with Crippen molar-refractivity contribution < 1.29 is 4.79 Å². The van der Waals surface area contributed by atoms with Crippen LogP contribution in [0.1, 0.15) is 0 Å². The van der Waals surface area contributed by atoms with Gasteiger partial charge < -0.3 is 10.2 Å². The lowest BCUT2D eigenvalue weighted by molar-refractivity contribution is -0.119. The highest BCUT2D eigenvalue weighted by atomic mass is 79.9. The molecule has 0 atom stereocenters. The molecule has 0 aromatic carbocycles. The van der Waals surface area contributed by atoms with Crippen molar-refractivity contribution in [2.24, 2.45) is 0 Å². The summed E-state index contributed by atoms with van der Waals surface area (Å²) in [5.74, 6) is 0.502. The summed E-state index contributed by atoms with van der Waals surface area (Å²) in [5, 5.41) is 3.05. The normalized spacial score (nSPS) is 9.87. The van der Waals surface area contributed by atoms with Gasteiger partial charge in [-0.1, -0.05) is 11.6 Å². The maximum Gasteiger partial charge on any atom is 0.239 e. The minimum absolute atomic E-state index is 0.0849. The number of halogens is 2. The van der Waals surface area contributed by atoms with E-state index >= 15 is 0 Å². The van der Waals surface area contributed by atoms with E-state index in [1.54, 1.807) is 31.3 Å². The van der Waals surface area contributed by atoms with E-state index in [1.165, 1.54) is 0 Å². The number of rotatable bonds is 3. The number of anilines is 1. The second-order valence-electron chi connectivity index (χ2n) is 2.99. The van der Waals surface area contributed by atoms with Crippen LogP contribution < -0.4 is 10.2 Å². The number of aromatic nitrogens is 1. The fourth-order valence-electron chi connectivity index (χ4n) is 1.06. The molecule has 0 aliphatic heterocycles. The number of nitrogens with zero attached hydrogens (tertiary/aromatic N) is 2. The van der Waals surface area contributed by atoms with E-state index in [2.05, 4.69) is 26.2 Å². The van der Waals surface area contributed by atoms with E-state index < -0.39 is 0 Å². The second-order valence-corrected chi connectivity index (χ2v) is 4.31. The number of amides is 1. The summed E-state index contributed by atoms with van der Waals surface area (Å²) >= 11 is 9.25. The Labute approximate surface area is 102 Å². The van der Waals surface area contributed by atoms with Crippen LogP contribution in [-0.4, -0.2) is 31.5 Å². The highest BCUT2D eigenvalue weighted by Gasteiger charge is 2.10. The average Bonchev–Trinajstić information content (AvgIpc) is 2.17. The standard InChI is InChI=1S/C9H11BrClN3O/c1-12-8(15)5-14(2)9-7(11)3-6(10)4-13-9/h3-4H,5H2,1-2H3,(H,12,15). The number of pyridine rings is 1. The SMILES string of the molecule is CNC(=O)CN(C)c1ncc(Br)cc1Cl. The van der Waals surface area contributed by atoms with Gasteiger partial charge in [0.2, 0.25) is 5.91 Å². The molecule has 1 amide bonds. The molecular formula is C9H11BrClN3O. The van der Waals surface area contributed by atoms with Crippen molar-refractivity contribution in [2.75, 3.05) is 25.5 Å². The molecule has 0 radical (unpaired) electrons. The molecular weight excluding hydrogens is 281 g/mol. The molecule has 0 fully saturated rings. The van der Waals surface area contributed by atoms with Crippen molar-refractivity contribution in [1.29, 1.82) is 0 Å².